The van der Waals surface area contributed by atoms with E-state index in [1.807, 2.05) is 14.0 Å². The van der Waals surface area contributed by atoms with Gasteiger partial charge in [-0.2, -0.15) is 5.10 Å². The van der Waals surface area contributed by atoms with E-state index >= 15 is 0 Å². The molecule has 18 heavy (non-hydrogen) atoms. The second-order valence-electron chi connectivity index (χ2n) is 4.20. The van der Waals surface area contributed by atoms with Gasteiger partial charge >= 0.3 is 0 Å². The van der Waals surface area contributed by atoms with Crippen molar-refractivity contribution in [1.82, 2.24) is 9.78 Å². The van der Waals surface area contributed by atoms with E-state index in [1.54, 1.807) is 23.0 Å². The molecule has 0 saturated carbocycles. The van der Waals surface area contributed by atoms with Gasteiger partial charge in [0.05, 0.1) is 18.8 Å². The first-order chi connectivity index (χ1) is 8.61. The number of anilines is 1. The number of rotatable bonds is 4. The van der Waals surface area contributed by atoms with Crippen molar-refractivity contribution >= 4 is 5.69 Å². The highest BCUT2D eigenvalue weighted by Crippen LogP contribution is 2.21. The lowest BCUT2D eigenvalue weighted by Crippen LogP contribution is -2.15. The summed E-state index contributed by atoms with van der Waals surface area (Å²) in [7, 11) is 1.85. The highest BCUT2D eigenvalue weighted by atomic mass is 19.1. The van der Waals surface area contributed by atoms with Crippen LogP contribution < -0.4 is 5.32 Å². The Labute approximate surface area is 105 Å². The number of nitrogens with one attached hydrogen (secondary N) is 1. The fraction of sp³-hybridized carbons (Fsp3) is 0.308. The minimum atomic E-state index is -0.279. The predicted octanol–water partition coefficient (Wildman–Crippen LogP) is 2.01. The summed E-state index contributed by atoms with van der Waals surface area (Å²) in [6.07, 6.45) is 1.73. The quantitative estimate of drug-likeness (QED) is 0.871. The lowest BCUT2D eigenvalue weighted by atomic mass is 10.1. The summed E-state index contributed by atoms with van der Waals surface area (Å²) >= 11 is 0. The van der Waals surface area contributed by atoms with E-state index in [0.717, 1.165) is 16.9 Å². The SMILES string of the molecule is Cc1c(C(CO)Nc2ccc(F)cc2)cnn1C. The zero-order valence-corrected chi connectivity index (χ0v) is 10.4. The van der Waals surface area contributed by atoms with Crippen molar-refractivity contribution in [2.24, 2.45) is 7.05 Å². The maximum Gasteiger partial charge on any atom is 0.123 e. The van der Waals surface area contributed by atoms with Crippen molar-refractivity contribution in [3.05, 3.63) is 47.5 Å². The Morgan fingerprint density at radius 2 is 2.06 bits per heavy atom. The number of aromatic nitrogens is 2. The lowest BCUT2D eigenvalue weighted by Gasteiger charge is -2.17. The summed E-state index contributed by atoms with van der Waals surface area (Å²) in [5.74, 6) is -0.279. The molecule has 1 aromatic carbocycles. The molecule has 1 aromatic heterocycles. The molecule has 1 heterocycles. The van der Waals surface area contributed by atoms with Crippen LogP contribution in [0.3, 0.4) is 0 Å². The van der Waals surface area contributed by atoms with Crippen molar-refractivity contribution in [1.29, 1.82) is 0 Å². The minimum Gasteiger partial charge on any atom is -0.394 e. The van der Waals surface area contributed by atoms with Gasteiger partial charge in [0, 0.05) is 24.0 Å². The van der Waals surface area contributed by atoms with Crippen LogP contribution in [0, 0.1) is 12.7 Å². The summed E-state index contributed by atoms with van der Waals surface area (Å²) in [6, 6.07) is 5.80. The summed E-state index contributed by atoms with van der Waals surface area (Å²) < 4.78 is 14.6. The molecular weight excluding hydrogens is 233 g/mol. The summed E-state index contributed by atoms with van der Waals surface area (Å²) in [5.41, 5.74) is 2.69. The van der Waals surface area contributed by atoms with Crippen LogP contribution >= 0.6 is 0 Å². The third kappa shape index (κ3) is 2.51. The van der Waals surface area contributed by atoms with Crippen LogP contribution in [0.1, 0.15) is 17.3 Å². The van der Waals surface area contributed by atoms with E-state index in [4.69, 9.17) is 0 Å². The third-order valence-corrected chi connectivity index (χ3v) is 3.02. The van der Waals surface area contributed by atoms with Crippen molar-refractivity contribution < 1.29 is 9.50 Å². The van der Waals surface area contributed by atoms with E-state index < -0.39 is 0 Å². The number of hydrogen-bond donors (Lipinski definition) is 2. The molecule has 2 rings (SSSR count). The van der Waals surface area contributed by atoms with Crippen LogP contribution in [0.5, 0.6) is 0 Å². The Morgan fingerprint density at radius 1 is 1.39 bits per heavy atom. The summed E-state index contributed by atoms with van der Waals surface area (Å²) in [4.78, 5) is 0. The fourth-order valence-electron chi connectivity index (χ4n) is 1.83. The van der Waals surface area contributed by atoms with Gasteiger partial charge in [0.25, 0.3) is 0 Å². The van der Waals surface area contributed by atoms with Crippen LogP contribution in [0.2, 0.25) is 0 Å². The topological polar surface area (TPSA) is 50.1 Å². The standard InChI is InChI=1S/C13H16FN3O/c1-9-12(7-15-17(9)2)13(8-18)16-11-5-3-10(14)4-6-11/h3-7,13,16,18H,8H2,1-2H3. The van der Waals surface area contributed by atoms with Gasteiger partial charge in [0.15, 0.2) is 0 Å². The second kappa shape index (κ2) is 5.18. The highest BCUT2D eigenvalue weighted by Gasteiger charge is 2.15. The molecular formula is C13H16FN3O. The molecule has 0 amide bonds. The van der Waals surface area contributed by atoms with E-state index in [1.165, 1.54) is 12.1 Å². The lowest BCUT2D eigenvalue weighted by molar-refractivity contribution is 0.276. The van der Waals surface area contributed by atoms with Crippen molar-refractivity contribution in [3.8, 4) is 0 Å². The molecule has 0 fully saturated rings. The monoisotopic (exact) mass is 249 g/mol. The van der Waals surface area contributed by atoms with Crippen LogP contribution in [-0.2, 0) is 7.05 Å². The molecule has 0 aliphatic rings. The van der Waals surface area contributed by atoms with Gasteiger partial charge in [0.1, 0.15) is 5.82 Å². The zero-order chi connectivity index (χ0) is 13.1. The molecule has 5 heteroatoms. The molecule has 4 nitrogen and oxygen atoms in total. The van der Waals surface area contributed by atoms with E-state index in [9.17, 15) is 9.50 Å². The number of aliphatic hydroxyl groups is 1. The highest BCUT2D eigenvalue weighted by molar-refractivity contribution is 5.45. The average Bonchev–Trinajstić information content (AvgIpc) is 2.70. The predicted molar refractivity (Wildman–Crippen MR) is 67.8 cm³/mol. The van der Waals surface area contributed by atoms with Gasteiger partial charge in [-0.1, -0.05) is 0 Å². The molecule has 1 unspecified atom stereocenters. The van der Waals surface area contributed by atoms with E-state index in [-0.39, 0.29) is 18.5 Å². The zero-order valence-electron chi connectivity index (χ0n) is 10.4. The second-order valence-corrected chi connectivity index (χ2v) is 4.20. The first kappa shape index (κ1) is 12.6. The van der Waals surface area contributed by atoms with Crippen molar-refractivity contribution in [2.75, 3.05) is 11.9 Å². The van der Waals surface area contributed by atoms with E-state index in [2.05, 4.69) is 10.4 Å². The molecule has 96 valence electrons. The average molecular weight is 249 g/mol. The molecule has 0 spiro atoms. The minimum absolute atomic E-state index is 0.0517. The molecule has 2 aromatic rings. The van der Waals surface area contributed by atoms with Crippen molar-refractivity contribution in [3.63, 3.8) is 0 Å². The van der Waals surface area contributed by atoms with Crippen LogP contribution in [0.4, 0.5) is 10.1 Å². The molecule has 0 radical (unpaired) electrons. The number of halogens is 1. The fourth-order valence-corrected chi connectivity index (χ4v) is 1.83. The van der Waals surface area contributed by atoms with Gasteiger partial charge in [-0.15, -0.1) is 0 Å². The Kier molecular flexibility index (Phi) is 3.62. The number of hydrogen-bond acceptors (Lipinski definition) is 3. The van der Waals surface area contributed by atoms with Crippen molar-refractivity contribution in [2.45, 2.75) is 13.0 Å². The number of nitrogens with zero attached hydrogens (tertiary/aromatic N) is 2. The van der Waals surface area contributed by atoms with Gasteiger partial charge in [0.2, 0.25) is 0 Å². The van der Waals surface area contributed by atoms with Crippen LogP contribution in [0.15, 0.2) is 30.5 Å². The molecule has 0 aliphatic heterocycles. The number of benzene rings is 1. The van der Waals surface area contributed by atoms with Gasteiger partial charge < -0.3 is 10.4 Å². The number of aryl methyl sites for hydroxylation is 1. The molecule has 0 aliphatic carbocycles. The summed E-state index contributed by atoms with van der Waals surface area (Å²) in [6.45, 7) is 1.89. The maximum atomic E-state index is 12.8. The first-order valence-electron chi connectivity index (χ1n) is 5.73. The Balaban J connectivity index is 2.19. The van der Waals surface area contributed by atoms with Gasteiger partial charge in [-0.3, -0.25) is 4.68 Å². The smallest absolute Gasteiger partial charge is 0.123 e. The van der Waals surface area contributed by atoms with Gasteiger partial charge in [-0.25, -0.2) is 4.39 Å². The normalized spacial score (nSPS) is 12.4. The van der Waals surface area contributed by atoms with Crippen LogP contribution in [0.25, 0.3) is 0 Å². The van der Waals surface area contributed by atoms with Gasteiger partial charge in [-0.05, 0) is 31.2 Å². The molecule has 2 N–H and O–H groups in total. The Bertz CT molecular complexity index is 522. The molecule has 0 bridgehead atoms. The maximum absolute atomic E-state index is 12.8. The third-order valence-electron chi connectivity index (χ3n) is 3.02. The summed E-state index contributed by atoms with van der Waals surface area (Å²) in [5, 5.41) is 16.8. The molecule has 1 atom stereocenters. The Morgan fingerprint density at radius 3 is 2.56 bits per heavy atom. The first-order valence-corrected chi connectivity index (χ1v) is 5.73. The largest absolute Gasteiger partial charge is 0.394 e. The number of aliphatic hydroxyl groups excluding tert-OH is 1. The Hall–Kier alpha value is -1.88. The van der Waals surface area contributed by atoms with E-state index in [0.29, 0.717) is 0 Å². The molecule has 0 saturated heterocycles. The van der Waals surface area contributed by atoms with Crippen LogP contribution in [-0.4, -0.2) is 21.5 Å².